The van der Waals surface area contributed by atoms with Crippen molar-refractivity contribution >= 4 is 23.9 Å². The monoisotopic (exact) mass is 719 g/mol. The molecule has 0 spiro atoms. The number of benzene rings is 1. The zero-order chi connectivity index (χ0) is 38.1. The number of carboxylic acids is 1. The first kappa shape index (κ1) is 49.8. The van der Waals surface area contributed by atoms with E-state index >= 15 is 0 Å². The van der Waals surface area contributed by atoms with Crippen LogP contribution in [-0.4, -0.2) is 93.6 Å². The highest BCUT2D eigenvalue weighted by Crippen LogP contribution is 2.29. The van der Waals surface area contributed by atoms with Gasteiger partial charge in [-0.15, -0.1) is 0 Å². The van der Waals surface area contributed by atoms with E-state index < -0.39 is 58.6 Å². The van der Waals surface area contributed by atoms with Gasteiger partial charge in [-0.1, -0.05) is 7.43 Å². The van der Waals surface area contributed by atoms with Crippen molar-refractivity contribution in [3.8, 4) is 5.75 Å². The molecule has 1 aliphatic heterocycles. The average molecular weight is 720 g/mol. The number of carbonyl (C=O) groups excluding carboxylic acids is 3. The number of halogens is 5. The number of aliphatic carboxylic acids is 1. The molecule has 0 aliphatic carbocycles. The highest BCUT2D eigenvalue weighted by atomic mass is 19.2. The zero-order valence-corrected chi connectivity index (χ0v) is 29.4. The molecule has 2 rings (SSSR count). The lowest BCUT2D eigenvalue weighted by molar-refractivity contribution is -0.198. The van der Waals surface area contributed by atoms with Crippen LogP contribution in [0.25, 0.3) is 0 Å². The molecule has 1 fully saturated rings. The van der Waals surface area contributed by atoms with Crippen LogP contribution in [0.2, 0.25) is 0 Å². The number of nitrogens with zero attached hydrogens (tertiary/aromatic N) is 2. The van der Waals surface area contributed by atoms with E-state index in [1.165, 1.54) is 13.8 Å². The fourth-order valence-corrected chi connectivity index (χ4v) is 3.12. The van der Waals surface area contributed by atoms with Crippen LogP contribution in [-0.2, 0) is 24.0 Å². The molecule has 286 valence electrons. The fourth-order valence-electron chi connectivity index (χ4n) is 3.12. The standard InChI is InChI=1S/C12H24N2O4.C9H7F5O.C7H11NO3.C3H8O.CH4/c1-9(2)14(8-10(15)16)7-6-13-11(17)18-12(3,4)5;1-3(2)15-9-7(13)5(11)4(10)6(12)8(9)14;1-5(2)11-8-6(9)3-4-7(8)10;1-3(2)4;/h9H,6-8H2,1-5H3,(H,13,17)(H,15,16);3H,1-2H3;5H,3-4H2,1-2H3;3-4H,1-2H3;1H4. The second-order valence-corrected chi connectivity index (χ2v) is 12.3. The predicted molar refractivity (Wildman–Crippen MR) is 172 cm³/mol. The number of amides is 3. The van der Waals surface area contributed by atoms with Gasteiger partial charge in [0.1, 0.15) is 5.60 Å². The molecule has 0 atom stereocenters. The van der Waals surface area contributed by atoms with Crippen LogP contribution in [0.4, 0.5) is 26.7 Å². The first-order valence-electron chi connectivity index (χ1n) is 15.1. The molecule has 0 saturated carbocycles. The molecule has 3 amide bonds. The minimum atomic E-state index is -2.19. The average Bonchev–Trinajstić information content (AvgIpc) is 3.23. The lowest BCUT2D eigenvalue weighted by atomic mass is 10.2. The van der Waals surface area contributed by atoms with Crippen LogP contribution >= 0.6 is 0 Å². The Morgan fingerprint density at radius 1 is 0.837 bits per heavy atom. The van der Waals surface area contributed by atoms with E-state index in [2.05, 4.69) is 10.1 Å². The summed E-state index contributed by atoms with van der Waals surface area (Å²) in [5.41, 5.74) is -0.525. The third-order valence-electron chi connectivity index (χ3n) is 4.98. The van der Waals surface area contributed by atoms with Crippen LogP contribution in [0, 0.1) is 29.1 Å². The van der Waals surface area contributed by atoms with Gasteiger partial charge in [-0.2, -0.15) is 13.8 Å². The largest absolute Gasteiger partial charge is 0.485 e. The Balaban J connectivity index is -0.000000619. The number of aliphatic hydroxyl groups excluding tert-OH is 1. The number of imide groups is 1. The number of carbonyl (C=O) groups is 4. The number of aliphatic hydroxyl groups is 1. The summed E-state index contributed by atoms with van der Waals surface area (Å²) in [6, 6.07) is 0.113. The third-order valence-corrected chi connectivity index (χ3v) is 4.98. The van der Waals surface area contributed by atoms with E-state index in [1.54, 1.807) is 53.4 Å². The van der Waals surface area contributed by atoms with Gasteiger partial charge in [-0.3, -0.25) is 24.1 Å². The molecule has 1 saturated heterocycles. The van der Waals surface area contributed by atoms with E-state index in [0.29, 0.717) is 13.1 Å². The quantitative estimate of drug-likeness (QED) is 0.114. The third kappa shape index (κ3) is 21.9. The molecule has 0 aromatic heterocycles. The Hall–Kier alpha value is -3.57. The fraction of sp³-hybridized carbons (Fsp3) is 0.688. The number of nitrogens with one attached hydrogen (secondary N) is 1. The second kappa shape index (κ2) is 23.7. The maximum atomic E-state index is 12.9. The van der Waals surface area contributed by atoms with E-state index in [4.69, 9.17) is 19.8 Å². The first-order chi connectivity index (χ1) is 21.8. The number of alkyl carbamates (subject to hydrolysis) is 1. The summed E-state index contributed by atoms with van der Waals surface area (Å²) in [6.45, 7) is 19.8. The van der Waals surface area contributed by atoms with Gasteiger partial charge in [0.25, 0.3) is 11.8 Å². The van der Waals surface area contributed by atoms with Gasteiger partial charge in [-0.25, -0.2) is 18.0 Å². The number of hydroxylamine groups is 2. The SMILES string of the molecule is C.CC(C)N(CCNC(=O)OC(C)(C)C)CC(=O)O.CC(C)O.CC(C)ON1C(=O)CCC1=O.CC(C)Oc1c(F)c(F)c(F)c(F)c1F. The van der Waals surface area contributed by atoms with E-state index in [-0.39, 0.29) is 56.9 Å². The topological polar surface area (TPSA) is 155 Å². The molecule has 0 unspecified atom stereocenters. The van der Waals surface area contributed by atoms with Gasteiger partial charge in [0.2, 0.25) is 29.1 Å². The summed E-state index contributed by atoms with van der Waals surface area (Å²) in [5, 5.41) is 20.3. The second-order valence-electron chi connectivity index (χ2n) is 12.3. The zero-order valence-electron chi connectivity index (χ0n) is 29.4. The van der Waals surface area contributed by atoms with Crippen LogP contribution in [0.3, 0.4) is 0 Å². The van der Waals surface area contributed by atoms with Gasteiger partial charge in [0, 0.05) is 38.1 Å². The number of rotatable bonds is 10. The van der Waals surface area contributed by atoms with Crippen LogP contribution in [0.5, 0.6) is 5.75 Å². The minimum Gasteiger partial charge on any atom is -0.485 e. The van der Waals surface area contributed by atoms with Crippen molar-refractivity contribution < 1.29 is 65.7 Å². The highest BCUT2D eigenvalue weighted by Gasteiger charge is 2.31. The Morgan fingerprint density at radius 2 is 1.24 bits per heavy atom. The van der Waals surface area contributed by atoms with Gasteiger partial charge in [0.15, 0.2) is 5.75 Å². The van der Waals surface area contributed by atoms with Crippen molar-refractivity contribution in [3.63, 3.8) is 0 Å². The lowest BCUT2D eigenvalue weighted by Gasteiger charge is -2.25. The smallest absolute Gasteiger partial charge is 0.407 e. The van der Waals surface area contributed by atoms with Crippen molar-refractivity contribution in [3.05, 3.63) is 29.1 Å². The molecule has 1 heterocycles. The summed E-state index contributed by atoms with van der Waals surface area (Å²) < 4.78 is 73.2. The minimum absolute atomic E-state index is 0. The van der Waals surface area contributed by atoms with Gasteiger partial charge < -0.3 is 25.0 Å². The normalized spacial score (nSPS) is 12.6. The Kier molecular flexibility index (Phi) is 24.1. The molecule has 12 nitrogen and oxygen atoms in total. The summed E-state index contributed by atoms with van der Waals surface area (Å²) in [4.78, 5) is 50.5. The van der Waals surface area contributed by atoms with Crippen molar-refractivity contribution in [2.45, 2.75) is 126 Å². The van der Waals surface area contributed by atoms with E-state index in [1.807, 2.05) is 13.8 Å². The molecular formula is C32H54F5N3O9. The predicted octanol–water partition coefficient (Wildman–Crippen LogP) is 5.97. The van der Waals surface area contributed by atoms with Crippen LogP contribution in [0.15, 0.2) is 0 Å². The maximum Gasteiger partial charge on any atom is 0.407 e. The van der Waals surface area contributed by atoms with Crippen LogP contribution in [0.1, 0.15) is 96.4 Å². The lowest BCUT2D eigenvalue weighted by Crippen LogP contribution is -2.42. The maximum absolute atomic E-state index is 12.9. The summed E-state index contributed by atoms with van der Waals surface area (Å²) in [6.07, 6.45) is -0.905. The molecule has 3 N–H and O–H groups in total. The van der Waals surface area contributed by atoms with Gasteiger partial charge in [0.05, 0.1) is 18.8 Å². The molecule has 49 heavy (non-hydrogen) atoms. The number of ether oxygens (including phenoxy) is 2. The number of hydrogen-bond donors (Lipinski definition) is 3. The summed E-state index contributed by atoms with van der Waals surface area (Å²) in [5.74, 6) is -12.7. The first-order valence-corrected chi connectivity index (χ1v) is 15.1. The Morgan fingerprint density at radius 3 is 1.57 bits per heavy atom. The summed E-state index contributed by atoms with van der Waals surface area (Å²) >= 11 is 0. The van der Waals surface area contributed by atoms with E-state index in [9.17, 15) is 41.1 Å². The molecule has 17 heteroatoms. The van der Waals surface area contributed by atoms with Crippen molar-refractivity contribution in [1.29, 1.82) is 0 Å². The van der Waals surface area contributed by atoms with Crippen LogP contribution < -0.4 is 10.1 Å². The molecule has 1 aliphatic rings. The van der Waals surface area contributed by atoms with Gasteiger partial charge >= 0.3 is 12.1 Å². The van der Waals surface area contributed by atoms with Crippen molar-refractivity contribution in [2.75, 3.05) is 19.6 Å². The molecule has 0 bridgehead atoms. The molecule has 1 aromatic carbocycles. The highest BCUT2D eigenvalue weighted by molar-refractivity contribution is 6.00. The Labute approximate surface area is 285 Å². The van der Waals surface area contributed by atoms with Crippen molar-refractivity contribution in [2.24, 2.45) is 0 Å². The Bertz CT molecular complexity index is 1150. The molecule has 1 aromatic rings. The number of carboxylic acid groups (broad SMARTS) is 1. The number of hydrogen-bond acceptors (Lipinski definition) is 9. The van der Waals surface area contributed by atoms with Gasteiger partial charge in [-0.05, 0) is 76.2 Å². The molecular weight excluding hydrogens is 665 g/mol. The van der Waals surface area contributed by atoms with E-state index in [0.717, 1.165) is 5.06 Å². The molecule has 0 radical (unpaired) electrons. The summed E-state index contributed by atoms with van der Waals surface area (Å²) in [7, 11) is 0. The van der Waals surface area contributed by atoms with Crippen molar-refractivity contribution in [1.82, 2.24) is 15.3 Å².